The van der Waals surface area contributed by atoms with E-state index in [4.69, 9.17) is 21.1 Å². The standard InChI is InChI=1S/C32H40ClN3O5S/c1-31(2)30(37)35-42(38,39)24-10-13-29-27(17-24)36(18-22-8-11-25(22)28(40-3)7-5-15-34-31)19-32(20-41-29)14-4-6-21-16-23(33)9-12-26(21)32/h5,7,9-10,12-13,16-17,22,25,28,34H,4,6,8,11,14-15,18-20H2,1-3H3,(H,35,37)/t22-,25+,28+,32-/m0/s1. The lowest BCUT2D eigenvalue weighted by atomic mass is 9.68. The average molecular weight is 614 g/mol. The van der Waals surface area contributed by atoms with Crippen LogP contribution in [-0.2, 0) is 31.4 Å². The molecule has 2 N–H and O–H groups in total. The fourth-order valence-corrected chi connectivity index (χ4v) is 8.43. The number of methoxy groups -OCH3 is 1. The molecule has 1 fully saturated rings. The van der Waals surface area contributed by atoms with Gasteiger partial charge in [0.1, 0.15) is 5.75 Å². The average Bonchev–Trinajstić information content (AvgIpc) is 3.08. The highest BCUT2D eigenvalue weighted by Crippen LogP contribution is 2.47. The molecule has 2 aromatic carbocycles. The van der Waals surface area contributed by atoms with E-state index in [0.29, 0.717) is 37.3 Å². The Morgan fingerprint density at radius 2 is 1.98 bits per heavy atom. The molecule has 0 saturated heterocycles. The van der Waals surface area contributed by atoms with Gasteiger partial charge in [0.05, 0.1) is 28.8 Å². The Kier molecular flexibility index (Phi) is 7.83. The van der Waals surface area contributed by atoms with Crippen LogP contribution in [0.4, 0.5) is 5.69 Å². The fourth-order valence-electron chi connectivity index (χ4n) is 7.10. The van der Waals surface area contributed by atoms with Crippen LogP contribution in [0.1, 0.15) is 50.7 Å². The van der Waals surface area contributed by atoms with Crippen molar-refractivity contribution < 1.29 is 22.7 Å². The minimum atomic E-state index is -4.13. The molecule has 2 heterocycles. The van der Waals surface area contributed by atoms with Crippen LogP contribution in [0.2, 0.25) is 5.02 Å². The van der Waals surface area contributed by atoms with Crippen LogP contribution in [0, 0.1) is 11.8 Å². The lowest BCUT2D eigenvalue weighted by Gasteiger charge is -2.46. The van der Waals surface area contributed by atoms with E-state index in [9.17, 15) is 13.2 Å². The summed E-state index contributed by atoms with van der Waals surface area (Å²) in [6.07, 6.45) is 9.10. The molecule has 0 unspecified atom stereocenters. The van der Waals surface area contributed by atoms with Crippen LogP contribution in [0.25, 0.3) is 0 Å². The molecule has 1 amide bonds. The number of hydrogen-bond donors (Lipinski definition) is 2. The molecular formula is C32H40ClN3O5S. The lowest BCUT2D eigenvalue weighted by Crippen LogP contribution is -2.54. The van der Waals surface area contributed by atoms with Gasteiger partial charge in [-0.05, 0) is 99.2 Å². The first-order valence-electron chi connectivity index (χ1n) is 14.8. The van der Waals surface area contributed by atoms with Crippen LogP contribution < -0.4 is 19.7 Å². The summed E-state index contributed by atoms with van der Waals surface area (Å²) < 4.78 is 41.8. The summed E-state index contributed by atoms with van der Waals surface area (Å²) >= 11 is 6.40. The molecule has 4 aliphatic rings. The van der Waals surface area contributed by atoms with Gasteiger partial charge in [-0.1, -0.05) is 29.8 Å². The summed E-state index contributed by atoms with van der Waals surface area (Å²) in [6.45, 7) is 5.69. The Balaban J connectivity index is 1.45. The molecular weight excluding hydrogens is 574 g/mol. The third kappa shape index (κ3) is 5.45. The number of aryl methyl sites for hydroxylation is 1. The van der Waals surface area contributed by atoms with Crippen molar-refractivity contribution in [3.05, 3.63) is 64.7 Å². The number of sulfonamides is 1. The molecule has 2 aromatic rings. The Hall–Kier alpha value is -2.59. The summed E-state index contributed by atoms with van der Waals surface area (Å²) in [6, 6.07) is 11.1. The summed E-state index contributed by atoms with van der Waals surface area (Å²) in [5.41, 5.74) is 1.88. The number of nitrogens with one attached hydrogen (secondary N) is 2. The highest BCUT2D eigenvalue weighted by molar-refractivity contribution is 7.90. The molecule has 42 heavy (non-hydrogen) atoms. The molecule has 0 aromatic heterocycles. The predicted molar refractivity (Wildman–Crippen MR) is 164 cm³/mol. The largest absolute Gasteiger partial charge is 0.490 e. The van der Waals surface area contributed by atoms with Gasteiger partial charge in [-0.25, -0.2) is 13.1 Å². The van der Waals surface area contributed by atoms with E-state index in [1.165, 1.54) is 17.2 Å². The smallest absolute Gasteiger partial charge is 0.264 e. The summed E-state index contributed by atoms with van der Waals surface area (Å²) in [5.74, 6) is 0.738. The van der Waals surface area contributed by atoms with E-state index in [-0.39, 0.29) is 16.4 Å². The van der Waals surface area contributed by atoms with Crippen LogP contribution >= 0.6 is 11.6 Å². The predicted octanol–water partition coefficient (Wildman–Crippen LogP) is 4.60. The number of ether oxygens (including phenoxy) is 2. The number of benzene rings is 2. The first-order chi connectivity index (χ1) is 20.0. The van der Waals surface area contributed by atoms with Crippen molar-refractivity contribution in [2.45, 2.75) is 67.9 Å². The van der Waals surface area contributed by atoms with E-state index in [0.717, 1.165) is 49.4 Å². The van der Waals surface area contributed by atoms with Gasteiger partial charge in [0, 0.05) is 37.2 Å². The lowest BCUT2D eigenvalue weighted by molar-refractivity contribution is -0.124. The van der Waals surface area contributed by atoms with Crippen LogP contribution in [0.5, 0.6) is 5.75 Å². The monoisotopic (exact) mass is 613 g/mol. The molecule has 2 bridgehead atoms. The van der Waals surface area contributed by atoms with Gasteiger partial charge in [-0.3, -0.25) is 4.79 Å². The Morgan fingerprint density at radius 1 is 1.14 bits per heavy atom. The third-order valence-electron chi connectivity index (χ3n) is 9.73. The van der Waals surface area contributed by atoms with Crippen molar-refractivity contribution in [1.82, 2.24) is 10.0 Å². The zero-order valence-corrected chi connectivity index (χ0v) is 26.1. The highest BCUT2D eigenvalue weighted by atomic mass is 35.5. The van der Waals surface area contributed by atoms with E-state index < -0.39 is 21.5 Å². The third-order valence-corrected chi connectivity index (χ3v) is 11.3. The molecule has 1 spiro atoms. The molecule has 1 saturated carbocycles. The van der Waals surface area contributed by atoms with E-state index in [1.807, 2.05) is 12.1 Å². The van der Waals surface area contributed by atoms with Crippen molar-refractivity contribution in [3.8, 4) is 5.75 Å². The van der Waals surface area contributed by atoms with Gasteiger partial charge in [0.25, 0.3) is 15.9 Å². The SMILES string of the molecule is CO[C@@H]1C=CCNC(C)(C)C(=O)NS(=O)(=O)c2ccc3c(c2)N(C[C@@H]2CC[C@H]21)C[C@@]1(CCCc2cc(Cl)ccc21)CO3. The topological polar surface area (TPSA) is 97.0 Å². The Labute approximate surface area is 253 Å². The van der Waals surface area contributed by atoms with E-state index >= 15 is 0 Å². The second-order valence-corrected chi connectivity index (χ2v) is 14.9. The Morgan fingerprint density at radius 3 is 2.74 bits per heavy atom. The van der Waals surface area contributed by atoms with Crippen molar-refractivity contribution in [1.29, 1.82) is 0 Å². The molecule has 10 heteroatoms. The fraction of sp³-hybridized carbons (Fsp3) is 0.531. The normalized spacial score (nSPS) is 30.2. The minimum absolute atomic E-state index is 0.0395. The maximum absolute atomic E-state index is 13.5. The quantitative estimate of drug-likeness (QED) is 0.454. The summed E-state index contributed by atoms with van der Waals surface area (Å²) in [5, 5.41) is 3.89. The van der Waals surface area contributed by atoms with Crippen molar-refractivity contribution >= 4 is 33.2 Å². The summed E-state index contributed by atoms with van der Waals surface area (Å²) in [4.78, 5) is 15.5. The van der Waals surface area contributed by atoms with E-state index in [1.54, 1.807) is 33.1 Å². The second kappa shape index (κ2) is 11.2. The number of halogens is 1. The summed E-state index contributed by atoms with van der Waals surface area (Å²) in [7, 11) is -2.38. The maximum Gasteiger partial charge on any atom is 0.264 e. The van der Waals surface area contributed by atoms with Gasteiger partial charge in [-0.2, -0.15) is 0 Å². The van der Waals surface area contributed by atoms with Crippen molar-refractivity contribution in [3.63, 3.8) is 0 Å². The van der Waals surface area contributed by atoms with E-state index in [2.05, 4.69) is 33.1 Å². The maximum atomic E-state index is 13.5. The van der Waals surface area contributed by atoms with Gasteiger partial charge in [0.2, 0.25) is 0 Å². The molecule has 8 nitrogen and oxygen atoms in total. The zero-order chi connectivity index (χ0) is 29.7. The van der Waals surface area contributed by atoms with Crippen LogP contribution in [0.3, 0.4) is 0 Å². The number of carbonyl (C=O) groups excluding carboxylic acids is 1. The van der Waals surface area contributed by atoms with Gasteiger partial charge < -0.3 is 19.7 Å². The number of fused-ring (bicyclic) bond motifs is 4. The number of anilines is 1. The van der Waals surface area contributed by atoms with Crippen LogP contribution in [0.15, 0.2) is 53.4 Å². The number of nitrogens with zero attached hydrogens (tertiary/aromatic N) is 1. The zero-order valence-electron chi connectivity index (χ0n) is 24.5. The number of rotatable bonds is 1. The molecule has 4 atom stereocenters. The molecule has 2 aliphatic carbocycles. The van der Waals surface area contributed by atoms with Crippen molar-refractivity contribution in [2.24, 2.45) is 11.8 Å². The number of hydrogen-bond acceptors (Lipinski definition) is 7. The van der Waals surface area contributed by atoms with Gasteiger partial charge in [-0.15, -0.1) is 0 Å². The molecule has 226 valence electrons. The van der Waals surface area contributed by atoms with Crippen molar-refractivity contribution in [2.75, 3.05) is 38.3 Å². The Bertz CT molecular complexity index is 1510. The minimum Gasteiger partial charge on any atom is -0.490 e. The highest BCUT2D eigenvalue weighted by Gasteiger charge is 2.44. The van der Waals surface area contributed by atoms with Gasteiger partial charge >= 0.3 is 0 Å². The van der Waals surface area contributed by atoms with Gasteiger partial charge in [0.15, 0.2) is 0 Å². The first-order valence-corrected chi connectivity index (χ1v) is 16.7. The number of carbonyl (C=O) groups is 1. The second-order valence-electron chi connectivity index (χ2n) is 12.8. The number of amides is 1. The molecule has 6 rings (SSSR count). The first kappa shape index (κ1) is 29.5. The molecule has 2 aliphatic heterocycles. The van der Waals surface area contributed by atoms with Crippen LogP contribution in [-0.4, -0.2) is 59.3 Å². The molecule has 0 radical (unpaired) electrons.